The molecule has 0 radical (unpaired) electrons. The highest BCUT2D eigenvalue weighted by atomic mass is 32.1. The maximum absolute atomic E-state index is 12.8. The fourth-order valence-electron chi connectivity index (χ4n) is 3.89. The van der Waals surface area contributed by atoms with Crippen LogP contribution in [0.3, 0.4) is 0 Å². The van der Waals surface area contributed by atoms with Gasteiger partial charge in [0.05, 0.1) is 27.8 Å². The number of methoxy groups -OCH3 is 3. The number of fused-ring (bicyclic) bond motifs is 1. The van der Waals surface area contributed by atoms with Gasteiger partial charge in [-0.05, 0) is 36.2 Å². The molecule has 1 amide bonds. The number of hydrogen-bond donors (Lipinski definition) is 0. The molecule has 7 nitrogen and oxygen atoms in total. The number of anilines is 1. The van der Waals surface area contributed by atoms with E-state index in [4.69, 9.17) is 19.2 Å². The van der Waals surface area contributed by atoms with Crippen molar-refractivity contribution in [3.63, 3.8) is 0 Å². The minimum absolute atomic E-state index is 0.150. The van der Waals surface area contributed by atoms with E-state index in [-0.39, 0.29) is 5.91 Å². The number of benzene rings is 2. The Kier molecular flexibility index (Phi) is 6.18. The summed E-state index contributed by atoms with van der Waals surface area (Å²) in [4.78, 5) is 21.8. The number of thiazole rings is 1. The molecule has 1 aliphatic rings. The van der Waals surface area contributed by atoms with Crippen molar-refractivity contribution in [2.75, 3.05) is 52.4 Å². The average Bonchev–Trinajstić information content (AvgIpc) is 3.24. The lowest BCUT2D eigenvalue weighted by Crippen LogP contribution is -2.49. The highest BCUT2D eigenvalue weighted by Crippen LogP contribution is 2.40. The lowest BCUT2D eigenvalue weighted by Gasteiger charge is -2.34. The topological polar surface area (TPSA) is 64.1 Å². The van der Waals surface area contributed by atoms with Crippen LogP contribution >= 0.6 is 11.3 Å². The number of ether oxygens (including phenoxy) is 3. The van der Waals surface area contributed by atoms with Crippen molar-refractivity contribution in [1.29, 1.82) is 0 Å². The predicted molar refractivity (Wildman–Crippen MR) is 123 cm³/mol. The molecule has 1 saturated heterocycles. The molecule has 164 valence electrons. The fraction of sp³-hybridized carbons (Fsp3) is 0.391. The van der Waals surface area contributed by atoms with Crippen molar-refractivity contribution in [2.24, 2.45) is 0 Å². The Morgan fingerprint density at radius 3 is 2.26 bits per heavy atom. The van der Waals surface area contributed by atoms with Crippen molar-refractivity contribution in [3.8, 4) is 17.2 Å². The minimum Gasteiger partial charge on any atom is -0.496 e. The third kappa shape index (κ3) is 4.25. The number of aromatic nitrogens is 1. The van der Waals surface area contributed by atoms with E-state index >= 15 is 0 Å². The van der Waals surface area contributed by atoms with Crippen LogP contribution in [0.25, 0.3) is 10.2 Å². The van der Waals surface area contributed by atoms with Crippen LogP contribution < -0.4 is 19.1 Å². The van der Waals surface area contributed by atoms with Crippen LogP contribution in [0.4, 0.5) is 5.13 Å². The smallest absolute Gasteiger partial charge is 0.227 e. The van der Waals surface area contributed by atoms with Gasteiger partial charge in [-0.3, -0.25) is 4.79 Å². The number of hydrogen-bond acceptors (Lipinski definition) is 7. The second-order valence-corrected chi connectivity index (χ2v) is 8.47. The van der Waals surface area contributed by atoms with E-state index in [0.717, 1.165) is 56.8 Å². The van der Waals surface area contributed by atoms with E-state index in [0.29, 0.717) is 19.5 Å². The van der Waals surface area contributed by atoms with E-state index < -0.39 is 0 Å². The molecule has 2 aromatic carbocycles. The number of rotatable bonds is 6. The second-order valence-electron chi connectivity index (χ2n) is 7.49. The quantitative estimate of drug-likeness (QED) is 0.583. The van der Waals surface area contributed by atoms with Crippen LogP contribution in [0, 0.1) is 6.92 Å². The maximum Gasteiger partial charge on any atom is 0.227 e. The monoisotopic (exact) mass is 441 g/mol. The molecule has 4 rings (SSSR count). The molecule has 0 bridgehead atoms. The number of carbonyl (C=O) groups excluding carboxylic acids is 1. The van der Waals surface area contributed by atoms with Gasteiger partial charge in [-0.2, -0.15) is 0 Å². The summed E-state index contributed by atoms with van der Waals surface area (Å²) in [5.41, 5.74) is 2.87. The highest BCUT2D eigenvalue weighted by Gasteiger charge is 2.24. The van der Waals surface area contributed by atoms with Crippen molar-refractivity contribution in [2.45, 2.75) is 13.3 Å². The first-order chi connectivity index (χ1) is 15.0. The summed E-state index contributed by atoms with van der Waals surface area (Å²) in [6.07, 6.45) is 0.403. The van der Waals surface area contributed by atoms with Gasteiger partial charge in [-0.15, -0.1) is 0 Å². The number of amides is 1. The van der Waals surface area contributed by atoms with Crippen molar-refractivity contribution in [1.82, 2.24) is 9.88 Å². The molecular formula is C23H27N3O4S. The first-order valence-corrected chi connectivity index (χ1v) is 11.0. The van der Waals surface area contributed by atoms with Crippen LogP contribution in [0.2, 0.25) is 0 Å². The van der Waals surface area contributed by atoms with Gasteiger partial charge >= 0.3 is 0 Å². The van der Waals surface area contributed by atoms with E-state index in [2.05, 4.69) is 4.90 Å². The summed E-state index contributed by atoms with van der Waals surface area (Å²) < 4.78 is 17.2. The summed E-state index contributed by atoms with van der Waals surface area (Å²) in [6.45, 7) is 4.85. The second kappa shape index (κ2) is 9.01. The molecule has 1 aliphatic heterocycles. The largest absolute Gasteiger partial charge is 0.496 e. The van der Waals surface area contributed by atoms with Gasteiger partial charge in [0.15, 0.2) is 5.13 Å². The van der Waals surface area contributed by atoms with Gasteiger partial charge in [-0.1, -0.05) is 23.5 Å². The van der Waals surface area contributed by atoms with E-state index in [1.807, 2.05) is 42.2 Å². The summed E-state index contributed by atoms with van der Waals surface area (Å²) in [5.74, 6) is 2.52. The number of piperazine rings is 1. The zero-order chi connectivity index (χ0) is 22.0. The summed E-state index contributed by atoms with van der Waals surface area (Å²) >= 11 is 1.60. The van der Waals surface area contributed by atoms with Crippen molar-refractivity contribution >= 4 is 32.6 Å². The first kappa shape index (κ1) is 21.2. The average molecular weight is 442 g/mol. The summed E-state index contributed by atoms with van der Waals surface area (Å²) in [7, 11) is 4.97. The summed E-state index contributed by atoms with van der Waals surface area (Å²) in [6, 6.07) is 9.69. The van der Waals surface area contributed by atoms with Gasteiger partial charge in [0.25, 0.3) is 0 Å². The maximum atomic E-state index is 12.8. The predicted octanol–water partition coefficient (Wildman–Crippen LogP) is 3.52. The Labute approximate surface area is 186 Å². The lowest BCUT2D eigenvalue weighted by atomic mass is 10.1. The van der Waals surface area contributed by atoms with Crippen LogP contribution in [0.15, 0.2) is 30.3 Å². The van der Waals surface area contributed by atoms with Crippen molar-refractivity contribution < 1.29 is 19.0 Å². The molecule has 0 aliphatic carbocycles. The third-order valence-corrected chi connectivity index (χ3v) is 6.75. The van der Waals surface area contributed by atoms with Crippen LogP contribution in [0.5, 0.6) is 17.2 Å². The van der Waals surface area contributed by atoms with E-state index in [1.165, 1.54) is 0 Å². The van der Waals surface area contributed by atoms with Gasteiger partial charge in [0, 0.05) is 26.2 Å². The molecule has 0 unspecified atom stereocenters. The zero-order valence-electron chi connectivity index (χ0n) is 18.3. The molecule has 0 atom stereocenters. The Bertz CT molecular complexity index is 1050. The summed E-state index contributed by atoms with van der Waals surface area (Å²) in [5, 5.41) is 0.927. The normalized spacial score (nSPS) is 14.1. The number of carbonyl (C=O) groups is 1. The molecule has 0 spiro atoms. The Morgan fingerprint density at radius 1 is 0.968 bits per heavy atom. The molecule has 2 heterocycles. The molecule has 1 fully saturated rings. The lowest BCUT2D eigenvalue weighted by molar-refractivity contribution is -0.130. The highest BCUT2D eigenvalue weighted by molar-refractivity contribution is 7.22. The van der Waals surface area contributed by atoms with Crippen LogP contribution in [0.1, 0.15) is 11.1 Å². The SMILES string of the molecule is COc1ccc(CC(=O)N2CCN(c3nc4c(OC)ccc(OC)c4s3)CC2)cc1C. The number of nitrogens with zero attached hydrogens (tertiary/aromatic N) is 3. The molecule has 0 N–H and O–H groups in total. The third-order valence-electron chi connectivity index (χ3n) is 5.62. The van der Waals surface area contributed by atoms with E-state index in [1.54, 1.807) is 32.7 Å². The van der Waals surface area contributed by atoms with Gasteiger partial charge in [0.1, 0.15) is 27.5 Å². The first-order valence-electron chi connectivity index (χ1n) is 10.2. The Morgan fingerprint density at radius 2 is 1.61 bits per heavy atom. The molecule has 1 aromatic heterocycles. The molecule has 31 heavy (non-hydrogen) atoms. The van der Waals surface area contributed by atoms with Crippen LogP contribution in [-0.2, 0) is 11.2 Å². The molecule has 3 aromatic rings. The standard InChI is InChI=1S/C23H27N3O4S/c1-15-13-16(5-6-17(15)28-2)14-20(27)25-9-11-26(12-10-25)23-24-21-18(29-3)7-8-19(30-4)22(21)31-23/h5-8,13H,9-12,14H2,1-4H3. The van der Waals surface area contributed by atoms with Gasteiger partial charge in [-0.25, -0.2) is 4.98 Å². The Balaban J connectivity index is 1.42. The van der Waals surface area contributed by atoms with Gasteiger partial charge < -0.3 is 24.0 Å². The van der Waals surface area contributed by atoms with Gasteiger partial charge in [0.2, 0.25) is 5.91 Å². The zero-order valence-corrected chi connectivity index (χ0v) is 19.1. The molecule has 0 saturated carbocycles. The number of aryl methyl sites for hydroxylation is 1. The van der Waals surface area contributed by atoms with Crippen molar-refractivity contribution in [3.05, 3.63) is 41.5 Å². The fourth-order valence-corrected chi connectivity index (χ4v) is 5.02. The minimum atomic E-state index is 0.150. The van der Waals surface area contributed by atoms with Crippen LogP contribution in [-0.4, -0.2) is 63.3 Å². The molecular weight excluding hydrogens is 414 g/mol. The Hall–Kier alpha value is -3.00. The molecule has 8 heteroatoms. The van der Waals surface area contributed by atoms with E-state index in [9.17, 15) is 4.79 Å².